The molecule has 1 N–H and O–H groups in total. The van der Waals surface area contributed by atoms with Crippen LogP contribution in [-0.2, 0) is 10.2 Å². The second kappa shape index (κ2) is 7.51. The van der Waals surface area contributed by atoms with Crippen molar-refractivity contribution in [3.05, 3.63) is 77.4 Å². The second-order valence-electron chi connectivity index (χ2n) is 7.37. The Morgan fingerprint density at radius 2 is 1.72 bits per heavy atom. The Morgan fingerprint density at radius 3 is 2.31 bits per heavy atom. The molecule has 0 aliphatic heterocycles. The van der Waals surface area contributed by atoms with Gasteiger partial charge in [-0.25, -0.2) is 4.98 Å². The molecule has 0 bridgehead atoms. The molecule has 0 radical (unpaired) electrons. The summed E-state index contributed by atoms with van der Waals surface area (Å²) in [5, 5.41) is 2.99. The number of methoxy groups -OCH3 is 1. The lowest BCUT2D eigenvalue weighted by atomic mass is 9.95. The number of aryl methyl sites for hydroxylation is 1. The normalized spacial score (nSPS) is 14.1. The number of aldehydes is 1. The van der Waals surface area contributed by atoms with Crippen molar-refractivity contribution in [3.8, 4) is 17.0 Å². The molecule has 0 unspecified atom stereocenters. The van der Waals surface area contributed by atoms with E-state index in [0.717, 1.165) is 47.3 Å². The third kappa shape index (κ3) is 3.63. The van der Waals surface area contributed by atoms with Gasteiger partial charge < -0.3 is 10.1 Å². The Bertz CT molecular complexity index is 1050. The summed E-state index contributed by atoms with van der Waals surface area (Å²) in [6, 6.07) is 18.7. The van der Waals surface area contributed by atoms with E-state index in [1.165, 1.54) is 0 Å². The Morgan fingerprint density at radius 1 is 1.03 bits per heavy atom. The zero-order valence-corrected chi connectivity index (χ0v) is 16.4. The van der Waals surface area contributed by atoms with Crippen molar-refractivity contribution < 1.29 is 14.3 Å². The number of nitrogens with zero attached hydrogens (tertiary/aromatic N) is 1. The van der Waals surface area contributed by atoms with Crippen molar-refractivity contribution >= 4 is 18.0 Å². The lowest BCUT2D eigenvalue weighted by Gasteiger charge is -2.17. The van der Waals surface area contributed by atoms with Crippen LogP contribution in [0, 0.1) is 6.92 Å². The molecule has 1 saturated carbocycles. The van der Waals surface area contributed by atoms with Crippen LogP contribution in [0.25, 0.3) is 11.3 Å². The number of benzene rings is 2. The molecule has 5 nitrogen and oxygen atoms in total. The highest BCUT2D eigenvalue weighted by molar-refractivity contribution is 6.01. The minimum Gasteiger partial charge on any atom is -0.497 e. The van der Waals surface area contributed by atoms with Gasteiger partial charge in [0.05, 0.1) is 18.2 Å². The highest BCUT2D eigenvalue weighted by atomic mass is 16.5. The molecule has 1 heterocycles. The summed E-state index contributed by atoms with van der Waals surface area (Å²) in [5.41, 5.74) is 3.80. The van der Waals surface area contributed by atoms with Crippen molar-refractivity contribution in [2.75, 3.05) is 12.4 Å². The van der Waals surface area contributed by atoms with Crippen LogP contribution in [0.5, 0.6) is 5.75 Å². The molecule has 1 amide bonds. The van der Waals surface area contributed by atoms with Crippen molar-refractivity contribution in [2.45, 2.75) is 25.2 Å². The molecule has 1 aromatic heterocycles. The minimum atomic E-state index is -0.495. The summed E-state index contributed by atoms with van der Waals surface area (Å²) < 4.78 is 5.21. The molecule has 29 heavy (non-hydrogen) atoms. The Kier molecular flexibility index (Phi) is 4.89. The molecule has 0 spiro atoms. The molecular formula is C24H22N2O3. The predicted octanol–water partition coefficient (Wildman–Crippen LogP) is 4.55. The first kappa shape index (κ1) is 18.9. The summed E-state index contributed by atoms with van der Waals surface area (Å²) in [5.74, 6) is 1.26. The van der Waals surface area contributed by atoms with Crippen LogP contribution < -0.4 is 10.1 Å². The van der Waals surface area contributed by atoms with Gasteiger partial charge in [0.25, 0.3) is 0 Å². The summed E-state index contributed by atoms with van der Waals surface area (Å²) in [6.07, 6.45) is 2.45. The third-order valence-electron chi connectivity index (χ3n) is 5.49. The minimum absolute atomic E-state index is 0.0405. The summed E-state index contributed by atoms with van der Waals surface area (Å²) in [4.78, 5) is 28.6. The molecule has 0 atom stereocenters. The number of hydrogen-bond acceptors (Lipinski definition) is 4. The highest BCUT2D eigenvalue weighted by Crippen LogP contribution is 2.49. The number of rotatable bonds is 6. The number of hydrogen-bond donors (Lipinski definition) is 1. The van der Waals surface area contributed by atoms with E-state index in [9.17, 15) is 9.59 Å². The number of carbonyl (C=O) groups is 2. The fourth-order valence-corrected chi connectivity index (χ4v) is 3.53. The predicted molar refractivity (Wildman–Crippen MR) is 112 cm³/mol. The molecular weight excluding hydrogens is 364 g/mol. The SMILES string of the molecule is COc1ccc(C2(C(=O)Nc3ccc(C)c(-c4ccc(C=O)cc4)n3)CC2)cc1. The lowest BCUT2D eigenvalue weighted by molar-refractivity contribution is -0.118. The third-order valence-corrected chi connectivity index (χ3v) is 5.49. The number of aromatic nitrogens is 1. The Hall–Kier alpha value is -3.47. The van der Waals surface area contributed by atoms with Crippen LogP contribution in [0.4, 0.5) is 5.82 Å². The van der Waals surface area contributed by atoms with Gasteiger partial charge >= 0.3 is 0 Å². The van der Waals surface area contributed by atoms with Gasteiger partial charge in [-0.2, -0.15) is 0 Å². The van der Waals surface area contributed by atoms with E-state index < -0.39 is 5.41 Å². The monoisotopic (exact) mass is 386 g/mol. The number of carbonyl (C=O) groups excluding carboxylic acids is 2. The van der Waals surface area contributed by atoms with Crippen LogP contribution in [0.3, 0.4) is 0 Å². The van der Waals surface area contributed by atoms with Gasteiger partial charge in [-0.1, -0.05) is 42.5 Å². The number of ether oxygens (including phenoxy) is 1. The molecule has 146 valence electrons. The second-order valence-corrected chi connectivity index (χ2v) is 7.37. The van der Waals surface area contributed by atoms with Crippen molar-refractivity contribution in [3.63, 3.8) is 0 Å². The molecule has 1 fully saturated rings. The molecule has 1 aliphatic carbocycles. The van der Waals surface area contributed by atoms with E-state index in [4.69, 9.17) is 4.74 Å². The van der Waals surface area contributed by atoms with Crippen LogP contribution in [-0.4, -0.2) is 24.3 Å². The zero-order valence-electron chi connectivity index (χ0n) is 16.4. The van der Waals surface area contributed by atoms with Gasteiger partial charge in [-0.05, 0) is 49.1 Å². The van der Waals surface area contributed by atoms with Crippen molar-refractivity contribution in [1.82, 2.24) is 4.98 Å². The van der Waals surface area contributed by atoms with Crippen LogP contribution >= 0.6 is 0 Å². The molecule has 3 aromatic rings. The van der Waals surface area contributed by atoms with Gasteiger partial charge in [-0.3, -0.25) is 9.59 Å². The first-order chi connectivity index (χ1) is 14.1. The average Bonchev–Trinajstić information content (AvgIpc) is 3.57. The maximum atomic E-state index is 13.0. The topological polar surface area (TPSA) is 68.3 Å². The van der Waals surface area contributed by atoms with Crippen molar-refractivity contribution in [2.24, 2.45) is 0 Å². The average molecular weight is 386 g/mol. The lowest BCUT2D eigenvalue weighted by Crippen LogP contribution is -2.28. The van der Waals surface area contributed by atoms with Crippen LogP contribution in [0.2, 0.25) is 0 Å². The van der Waals surface area contributed by atoms with E-state index in [0.29, 0.717) is 11.4 Å². The molecule has 0 saturated heterocycles. The van der Waals surface area contributed by atoms with Crippen molar-refractivity contribution in [1.29, 1.82) is 0 Å². The van der Waals surface area contributed by atoms with Gasteiger partial charge in [0.2, 0.25) is 5.91 Å². The van der Waals surface area contributed by atoms with Gasteiger partial charge in [0.1, 0.15) is 17.9 Å². The van der Waals surface area contributed by atoms with Gasteiger partial charge in [0.15, 0.2) is 0 Å². The maximum absolute atomic E-state index is 13.0. The number of anilines is 1. The zero-order chi connectivity index (χ0) is 20.4. The van der Waals surface area contributed by atoms with Gasteiger partial charge in [0, 0.05) is 11.1 Å². The Labute approximate surface area is 169 Å². The quantitative estimate of drug-likeness (QED) is 0.631. The van der Waals surface area contributed by atoms with E-state index in [1.54, 1.807) is 19.2 Å². The first-order valence-electron chi connectivity index (χ1n) is 9.55. The molecule has 2 aromatic carbocycles. The number of amides is 1. The van der Waals surface area contributed by atoms with Crippen LogP contribution in [0.15, 0.2) is 60.7 Å². The van der Waals surface area contributed by atoms with Crippen LogP contribution in [0.1, 0.15) is 34.3 Å². The standard InChI is InChI=1S/C24H22N2O3/c1-16-3-12-21(25-22(16)18-6-4-17(15-27)5-7-18)26-23(28)24(13-14-24)19-8-10-20(29-2)11-9-19/h3-12,15H,13-14H2,1-2H3,(H,25,26,28). The van der Waals surface area contributed by atoms with E-state index in [1.807, 2.05) is 55.5 Å². The largest absolute Gasteiger partial charge is 0.497 e. The van der Waals surface area contributed by atoms with E-state index >= 15 is 0 Å². The fraction of sp³-hybridized carbons (Fsp3) is 0.208. The fourth-order valence-electron chi connectivity index (χ4n) is 3.53. The number of nitrogens with one attached hydrogen (secondary N) is 1. The maximum Gasteiger partial charge on any atom is 0.236 e. The molecule has 5 heteroatoms. The first-order valence-corrected chi connectivity index (χ1v) is 9.55. The summed E-state index contributed by atoms with van der Waals surface area (Å²) >= 11 is 0. The highest BCUT2D eigenvalue weighted by Gasteiger charge is 2.51. The van der Waals surface area contributed by atoms with E-state index in [-0.39, 0.29) is 5.91 Å². The Balaban J connectivity index is 1.57. The molecule has 1 aliphatic rings. The molecule has 4 rings (SSSR count). The summed E-state index contributed by atoms with van der Waals surface area (Å²) in [7, 11) is 1.63. The number of pyridine rings is 1. The van der Waals surface area contributed by atoms with Gasteiger partial charge in [-0.15, -0.1) is 0 Å². The smallest absolute Gasteiger partial charge is 0.236 e. The van der Waals surface area contributed by atoms with E-state index in [2.05, 4.69) is 10.3 Å². The summed E-state index contributed by atoms with van der Waals surface area (Å²) in [6.45, 7) is 1.97.